The molecule has 0 heterocycles. The number of ether oxygens (including phenoxy) is 1. The SMILES string of the molecule is CC[C@@H](OS(C)(=O)=O)[C@H](C(=O)OC)C(C)C. The predicted molar refractivity (Wildman–Crippen MR) is 60.4 cm³/mol. The number of carbonyl (C=O) groups excluding carboxylic acids is 1. The molecule has 0 spiro atoms. The Morgan fingerprint density at radius 1 is 1.31 bits per heavy atom. The molecule has 96 valence electrons. The summed E-state index contributed by atoms with van der Waals surface area (Å²) in [6, 6.07) is 0. The zero-order valence-electron chi connectivity index (χ0n) is 10.4. The second kappa shape index (κ2) is 6.20. The monoisotopic (exact) mass is 252 g/mol. The third-order valence-electron chi connectivity index (χ3n) is 2.29. The van der Waals surface area contributed by atoms with Crippen molar-refractivity contribution in [3.63, 3.8) is 0 Å². The van der Waals surface area contributed by atoms with Crippen molar-refractivity contribution in [2.45, 2.75) is 33.3 Å². The van der Waals surface area contributed by atoms with Gasteiger partial charge in [0.25, 0.3) is 10.1 Å². The molecular weight excluding hydrogens is 232 g/mol. The summed E-state index contributed by atoms with van der Waals surface area (Å²) in [5.74, 6) is -1.05. The Kier molecular flexibility index (Phi) is 5.96. The van der Waals surface area contributed by atoms with Crippen LogP contribution < -0.4 is 0 Å². The lowest BCUT2D eigenvalue weighted by atomic mass is 9.89. The molecule has 0 rings (SSSR count). The van der Waals surface area contributed by atoms with Gasteiger partial charge in [0.15, 0.2) is 0 Å². The number of hydrogen-bond donors (Lipinski definition) is 0. The van der Waals surface area contributed by atoms with Gasteiger partial charge in [-0.25, -0.2) is 0 Å². The second-order valence-corrected chi connectivity index (χ2v) is 5.64. The molecule has 0 aromatic heterocycles. The number of rotatable bonds is 6. The summed E-state index contributed by atoms with van der Waals surface area (Å²) in [6.45, 7) is 5.43. The van der Waals surface area contributed by atoms with Gasteiger partial charge in [-0.05, 0) is 12.3 Å². The lowest BCUT2D eigenvalue weighted by molar-refractivity contribution is -0.150. The summed E-state index contributed by atoms with van der Waals surface area (Å²) in [5.41, 5.74) is 0. The Labute approximate surface area is 97.2 Å². The van der Waals surface area contributed by atoms with Crippen molar-refractivity contribution in [1.82, 2.24) is 0 Å². The van der Waals surface area contributed by atoms with Crippen molar-refractivity contribution in [3.8, 4) is 0 Å². The first-order valence-electron chi connectivity index (χ1n) is 5.19. The average Bonchev–Trinajstić information content (AvgIpc) is 2.13. The van der Waals surface area contributed by atoms with Gasteiger partial charge in [-0.3, -0.25) is 8.98 Å². The lowest BCUT2D eigenvalue weighted by Gasteiger charge is -2.26. The molecule has 0 fully saturated rings. The van der Waals surface area contributed by atoms with Crippen LogP contribution in [0.5, 0.6) is 0 Å². The van der Waals surface area contributed by atoms with Crippen molar-refractivity contribution >= 4 is 16.1 Å². The largest absolute Gasteiger partial charge is 0.469 e. The number of methoxy groups -OCH3 is 1. The molecule has 0 aromatic rings. The number of hydrogen-bond acceptors (Lipinski definition) is 5. The van der Waals surface area contributed by atoms with E-state index in [4.69, 9.17) is 4.18 Å². The minimum atomic E-state index is -3.56. The summed E-state index contributed by atoms with van der Waals surface area (Å²) in [6.07, 6.45) is 0.748. The topological polar surface area (TPSA) is 69.7 Å². The van der Waals surface area contributed by atoms with Gasteiger partial charge in [-0.15, -0.1) is 0 Å². The van der Waals surface area contributed by atoms with E-state index < -0.39 is 28.1 Å². The van der Waals surface area contributed by atoms with Gasteiger partial charge in [-0.2, -0.15) is 8.42 Å². The predicted octanol–water partition coefficient (Wildman–Crippen LogP) is 1.19. The highest BCUT2D eigenvalue weighted by Gasteiger charge is 2.33. The van der Waals surface area contributed by atoms with Crippen LogP contribution in [0, 0.1) is 11.8 Å². The van der Waals surface area contributed by atoms with Gasteiger partial charge < -0.3 is 4.74 Å². The van der Waals surface area contributed by atoms with Gasteiger partial charge in [-0.1, -0.05) is 20.8 Å². The average molecular weight is 252 g/mol. The molecule has 0 aliphatic carbocycles. The first kappa shape index (κ1) is 15.4. The van der Waals surface area contributed by atoms with Crippen molar-refractivity contribution < 1.29 is 22.1 Å². The molecule has 0 saturated heterocycles. The molecule has 5 nitrogen and oxygen atoms in total. The highest BCUT2D eigenvalue weighted by Crippen LogP contribution is 2.23. The summed E-state index contributed by atoms with van der Waals surface area (Å²) in [7, 11) is -2.28. The molecule has 0 N–H and O–H groups in total. The first-order chi connectivity index (χ1) is 7.22. The van der Waals surface area contributed by atoms with Crippen molar-refractivity contribution in [1.29, 1.82) is 0 Å². The summed E-state index contributed by atoms with van der Waals surface area (Å²) in [4.78, 5) is 11.5. The van der Waals surface area contributed by atoms with E-state index in [9.17, 15) is 13.2 Å². The zero-order valence-corrected chi connectivity index (χ0v) is 11.2. The van der Waals surface area contributed by atoms with Crippen LogP contribution in [0.1, 0.15) is 27.2 Å². The van der Waals surface area contributed by atoms with E-state index in [-0.39, 0.29) is 5.92 Å². The smallest absolute Gasteiger partial charge is 0.311 e. The fourth-order valence-electron chi connectivity index (χ4n) is 1.60. The lowest BCUT2D eigenvalue weighted by Crippen LogP contribution is -2.36. The maximum atomic E-state index is 11.5. The van der Waals surface area contributed by atoms with Crippen molar-refractivity contribution in [2.24, 2.45) is 11.8 Å². The summed E-state index contributed by atoms with van der Waals surface area (Å²) >= 11 is 0. The molecule has 0 unspecified atom stereocenters. The molecule has 0 bridgehead atoms. The highest BCUT2D eigenvalue weighted by atomic mass is 32.2. The van der Waals surface area contributed by atoms with E-state index in [0.717, 1.165) is 6.26 Å². The molecule has 2 atom stereocenters. The van der Waals surface area contributed by atoms with E-state index in [1.54, 1.807) is 6.92 Å². The molecule has 0 aliphatic heterocycles. The van der Waals surface area contributed by atoms with Crippen LogP contribution in [0.4, 0.5) is 0 Å². The van der Waals surface area contributed by atoms with Crippen LogP contribution in [-0.2, 0) is 23.8 Å². The van der Waals surface area contributed by atoms with Crippen LogP contribution in [0.2, 0.25) is 0 Å². The van der Waals surface area contributed by atoms with Crippen LogP contribution >= 0.6 is 0 Å². The Balaban J connectivity index is 4.93. The third-order valence-corrected chi connectivity index (χ3v) is 2.89. The van der Waals surface area contributed by atoms with E-state index in [1.165, 1.54) is 7.11 Å². The van der Waals surface area contributed by atoms with Crippen LogP contribution in [0.3, 0.4) is 0 Å². The molecule has 0 aromatic carbocycles. The van der Waals surface area contributed by atoms with Gasteiger partial charge in [0, 0.05) is 0 Å². The van der Waals surface area contributed by atoms with Gasteiger partial charge in [0.05, 0.1) is 25.4 Å². The number of esters is 1. The minimum absolute atomic E-state index is 0.0425. The van der Waals surface area contributed by atoms with Gasteiger partial charge in [0.2, 0.25) is 0 Å². The fourth-order valence-corrected chi connectivity index (χ4v) is 2.30. The molecule has 0 aliphatic rings. The van der Waals surface area contributed by atoms with E-state index in [0.29, 0.717) is 6.42 Å². The molecule has 0 radical (unpaired) electrons. The van der Waals surface area contributed by atoms with E-state index in [2.05, 4.69) is 4.74 Å². The zero-order chi connectivity index (χ0) is 12.9. The van der Waals surface area contributed by atoms with E-state index >= 15 is 0 Å². The third kappa shape index (κ3) is 4.94. The minimum Gasteiger partial charge on any atom is -0.469 e. The normalized spacial score (nSPS) is 15.9. The quantitative estimate of drug-likeness (QED) is 0.524. The van der Waals surface area contributed by atoms with Crippen molar-refractivity contribution in [3.05, 3.63) is 0 Å². The summed E-state index contributed by atoms with van der Waals surface area (Å²) < 4.78 is 31.7. The first-order valence-corrected chi connectivity index (χ1v) is 7.00. The molecule has 16 heavy (non-hydrogen) atoms. The summed E-state index contributed by atoms with van der Waals surface area (Å²) in [5, 5.41) is 0. The Hall–Kier alpha value is -0.620. The van der Waals surface area contributed by atoms with E-state index in [1.807, 2.05) is 13.8 Å². The standard InChI is InChI=1S/C10H20O5S/c1-6-8(15-16(5,12)13)9(7(2)3)10(11)14-4/h7-9H,6H2,1-5H3/t8-,9-/m1/s1. The van der Waals surface area contributed by atoms with Gasteiger partial charge >= 0.3 is 5.97 Å². The Morgan fingerprint density at radius 2 is 1.81 bits per heavy atom. The van der Waals surface area contributed by atoms with Crippen LogP contribution in [0.15, 0.2) is 0 Å². The molecule has 6 heteroatoms. The number of carbonyl (C=O) groups is 1. The van der Waals surface area contributed by atoms with Gasteiger partial charge in [0.1, 0.15) is 0 Å². The molecule has 0 saturated carbocycles. The second-order valence-electron chi connectivity index (χ2n) is 4.04. The van der Waals surface area contributed by atoms with Crippen molar-refractivity contribution in [2.75, 3.05) is 13.4 Å². The maximum absolute atomic E-state index is 11.5. The van der Waals surface area contributed by atoms with Crippen LogP contribution in [0.25, 0.3) is 0 Å². The van der Waals surface area contributed by atoms with Crippen LogP contribution in [-0.4, -0.2) is 33.9 Å². The highest BCUT2D eigenvalue weighted by molar-refractivity contribution is 7.86. The molecule has 0 amide bonds. The maximum Gasteiger partial charge on any atom is 0.311 e. The fraction of sp³-hybridized carbons (Fsp3) is 0.900. The Morgan fingerprint density at radius 3 is 2.06 bits per heavy atom. The Bertz CT molecular complexity index is 320. The molecular formula is C10H20O5S.